The Morgan fingerprint density at radius 2 is 1.83 bits per heavy atom. The summed E-state index contributed by atoms with van der Waals surface area (Å²) in [6.07, 6.45) is 1.27. The van der Waals surface area contributed by atoms with Crippen LogP contribution in [0.15, 0.2) is 83.4 Å². The van der Waals surface area contributed by atoms with Gasteiger partial charge in [0.15, 0.2) is 0 Å². The van der Waals surface area contributed by atoms with E-state index in [1.54, 1.807) is 16.7 Å². The number of benzene rings is 3. The van der Waals surface area contributed by atoms with E-state index in [0.717, 1.165) is 28.3 Å². The van der Waals surface area contributed by atoms with Crippen LogP contribution in [0, 0.1) is 11.3 Å². The Bertz CT molecular complexity index is 1330. The van der Waals surface area contributed by atoms with Crippen LogP contribution in [0.25, 0.3) is 0 Å². The molecule has 36 heavy (non-hydrogen) atoms. The molecule has 5 rings (SSSR count). The number of halogens is 1. The Labute approximate surface area is 220 Å². The molecule has 0 N–H and O–H groups in total. The zero-order chi connectivity index (χ0) is 25.1. The average molecular weight is 516 g/mol. The normalized spacial score (nSPS) is 17.6. The predicted octanol–water partition coefficient (Wildman–Crippen LogP) is 6.70. The Kier molecular flexibility index (Phi) is 7.22. The number of nitrogens with zero attached hydrogens (tertiary/aromatic N) is 3. The minimum absolute atomic E-state index is 0.0374. The van der Waals surface area contributed by atoms with Crippen LogP contribution in [0.5, 0.6) is 5.75 Å². The third-order valence-electron chi connectivity index (χ3n) is 6.64. The second-order valence-electron chi connectivity index (χ2n) is 8.83. The van der Waals surface area contributed by atoms with Crippen LogP contribution in [-0.2, 0) is 17.8 Å². The Morgan fingerprint density at radius 1 is 1.08 bits per heavy atom. The van der Waals surface area contributed by atoms with Gasteiger partial charge in [-0.1, -0.05) is 72.8 Å². The number of nitriles is 1. The first kappa shape index (κ1) is 24.3. The number of fused-ring (bicyclic) bond motifs is 1. The standard InChI is InChI=1S/C29H26ClN3O2S/c1-2-20-7-11-23(12-8-20)32-18-33-28(34)15-25(26(16-31)29(33)36-19-32)21-9-13-24(14-10-21)35-17-22-5-3-4-6-27(22)30/h3-14,25H,2,15,17-19H2,1H3/t25-/m1/s1. The summed E-state index contributed by atoms with van der Waals surface area (Å²) in [7, 11) is 0. The second-order valence-corrected chi connectivity index (χ2v) is 10.2. The largest absolute Gasteiger partial charge is 0.489 e. The highest BCUT2D eigenvalue weighted by molar-refractivity contribution is 8.03. The van der Waals surface area contributed by atoms with Crippen LogP contribution < -0.4 is 9.64 Å². The van der Waals surface area contributed by atoms with E-state index in [9.17, 15) is 10.1 Å². The quantitative estimate of drug-likeness (QED) is 0.365. The van der Waals surface area contributed by atoms with Gasteiger partial charge in [0.1, 0.15) is 12.4 Å². The van der Waals surface area contributed by atoms with Gasteiger partial charge in [-0.25, -0.2) is 0 Å². The molecule has 0 bridgehead atoms. The topological polar surface area (TPSA) is 56.6 Å². The van der Waals surface area contributed by atoms with Crippen LogP contribution in [0.2, 0.25) is 5.02 Å². The number of rotatable bonds is 6. The first-order valence-electron chi connectivity index (χ1n) is 11.9. The fourth-order valence-corrected chi connectivity index (χ4v) is 5.88. The Hall–Kier alpha value is -3.40. The van der Waals surface area contributed by atoms with Crippen molar-refractivity contribution in [3.05, 3.63) is 105 Å². The summed E-state index contributed by atoms with van der Waals surface area (Å²) < 4.78 is 5.90. The zero-order valence-corrected chi connectivity index (χ0v) is 21.6. The first-order chi connectivity index (χ1) is 17.6. The van der Waals surface area contributed by atoms with E-state index in [2.05, 4.69) is 42.2 Å². The lowest BCUT2D eigenvalue weighted by Gasteiger charge is -2.42. The van der Waals surface area contributed by atoms with Crippen molar-refractivity contribution in [1.82, 2.24) is 4.90 Å². The van der Waals surface area contributed by atoms with Gasteiger partial charge in [-0.05, 0) is 47.9 Å². The van der Waals surface area contributed by atoms with Gasteiger partial charge in [-0.15, -0.1) is 0 Å². The molecular formula is C29H26ClN3O2S. The maximum atomic E-state index is 13.2. The van der Waals surface area contributed by atoms with E-state index < -0.39 is 0 Å². The summed E-state index contributed by atoms with van der Waals surface area (Å²) in [6, 6.07) is 26.1. The van der Waals surface area contributed by atoms with Gasteiger partial charge in [0.2, 0.25) is 5.91 Å². The molecule has 0 unspecified atom stereocenters. The number of carbonyl (C=O) groups excluding carboxylic acids is 1. The van der Waals surface area contributed by atoms with Crippen molar-refractivity contribution in [2.24, 2.45) is 0 Å². The van der Waals surface area contributed by atoms with Gasteiger partial charge in [0.05, 0.1) is 29.2 Å². The lowest BCUT2D eigenvalue weighted by atomic mass is 9.86. The number of thioether (sulfide) groups is 1. The van der Waals surface area contributed by atoms with E-state index in [4.69, 9.17) is 16.3 Å². The third-order valence-corrected chi connectivity index (χ3v) is 8.16. The highest BCUT2D eigenvalue weighted by Crippen LogP contribution is 2.43. The molecule has 7 heteroatoms. The van der Waals surface area contributed by atoms with E-state index in [-0.39, 0.29) is 18.2 Å². The summed E-state index contributed by atoms with van der Waals surface area (Å²) in [5.74, 6) is 1.19. The molecule has 1 saturated heterocycles. The minimum Gasteiger partial charge on any atom is -0.489 e. The highest BCUT2D eigenvalue weighted by atomic mass is 35.5. The molecule has 2 aliphatic rings. The molecule has 0 saturated carbocycles. The molecule has 5 nitrogen and oxygen atoms in total. The molecule has 3 aromatic carbocycles. The maximum Gasteiger partial charge on any atom is 0.229 e. The molecule has 1 atom stereocenters. The summed E-state index contributed by atoms with van der Waals surface area (Å²) in [4.78, 5) is 17.1. The molecule has 2 heterocycles. The van der Waals surface area contributed by atoms with Crippen LogP contribution in [0.4, 0.5) is 5.69 Å². The number of allylic oxidation sites excluding steroid dienone is 1. The average Bonchev–Trinajstić information content (AvgIpc) is 2.93. The zero-order valence-electron chi connectivity index (χ0n) is 20.0. The molecule has 3 aromatic rings. The van der Waals surface area contributed by atoms with Crippen molar-refractivity contribution < 1.29 is 9.53 Å². The summed E-state index contributed by atoms with van der Waals surface area (Å²) in [5, 5.41) is 11.5. The number of anilines is 1. The minimum atomic E-state index is -0.255. The van der Waals surface area contributed by atoms with Crippen LogP contribution in [-0.4, -0.2) is 23.4 Å². The number of carbonyl (C=O) groups is 1. The van der Waals surface area contributed by atoms with Crippen LogP contribution in [0.1, 0.15) is 36.0 Å². The first-order valence-corrected chi connectivity index (χ1v) is 13.3. The lowest BCUT2D eigenvalue weighted by molar-refractivity contribution is -0.129. The van der Waals surface area contributed by atoms with E-state index in [1.807, 2.05) is 48.5 Å². The van der Waals surface area contributed by atoms with Crippen molar-refractivity contribution in [3.63, 3.8) is 0 Å². The molecule has 0 aromatic heterocycles. The number of aryl methyl sites for hydroxylation is 1. The SMILES string of the molecule is CCc1ccc(N2CSC3=C(C#N)[C@@H](c4ccc(OCc5ccccc5Cl)cc4)CC(=O)N3C2)cc1. The third kappa shape index (κ3) is 4.95. The van der Waals surface area contributed by atoms with Gasteiger partial charge in [0, 0.05) is 28.6 Å². The predicted molar refractivity (Wildman–Crippen MR) is 145 cm³/mol. The van der Waals surface area contributed by atoms with Crippen molar-refractivity contribution >= 4 is 35.0 Å². The fourth-order valence-electron chi connectivity index (χ4n) is 4.53. The molecule has 2 aliphatic heterocycles. The van der Waals surface area contributed by atoms with Gasteiger partial charge < -0.3 is 9.64 Å². The van der Waals surface area contributed by atoms with Crippen LogP contribution >= 0.6 is 23.4 Å². The fraction of sp³-hybridized carbons (Fsp3) is 0.241. The van der Waals surface area contributed by atoms with Gasteiger partial charge in [-0.2, -0.15) is 5.26 Å². The molecule has 0 aliphatic carbocycles. The monoisotopic (exact) mass is 515 g/mol. The van der Waals surface area contributed by atoms with E-state index >= 15 is 0 Å². The van der Waals surface area contributed by atoms with E-state index in [0.29, 0.717) is 35.5 Å². The molecule has 0 radical (unpaired) electrons. The van der Waals surface area contributed by atoms with Gasteiger partial charge in [0.25, 0.3) is 0 Å². The second kappa shape index (κ2) is 10.7. The van der Waals surface area contributed by atoms with Crippen molar-refractivity contribution in [3.8, 4) is 11.8 Å². The molecule has 0 spiro atoms. The molecule has 1 fully saturated rings. The molecular weight excluding hydrogens is 490 g/mol. The number of ether oxygens (including phenoxy) is 1. The van der Waals surface area contributed by atoms with Gasteiger partial charge >= 0.3 is 0 Å². The number of amides is 1. The van der Waals surface area contributed by atoms with Crippen molar-refractivity contribution in [2.45, 2.75) is 32.3 Å². The summed E-state index contributed by atoms with van der Waals surface area (Å²) >= 11 is 7.77. The Morgan fingerprint density at radius 3 is 2.53 bits per heavy atom. The van der Waals surface area contributed by atoms with E-state index in [1.165, 1.54) is 5.56 Å². The van der Waals surface area contributed by atoms with Crippen LogP contribution in [0.3, 0.4) is 0 Å². The van der Waals surface area contributed by atoms with Crippen molar-refractivity contribution in [2.75, 3.05) is 17.4 Å². The number of hydrogen-bond donors (Lipinski definition) is 0. The Balaban J connectivity index is 1.32. The molecule has 1 amide bonds. The maximum absolute atomic E-state index is 13.2. The van der Waals surface area contributed by atoms with Crippen molar-refractivity contribution in [1.29, 1.82) is 5.26 Å². The summed E-state index contributed by atoms with van der Waals surface area (Å²) in [5.41, 5.74) is 4.88. The summed E-state index contributed by atoms with van der Waals surface area (Å²) in [6.45, 7) is 2.97. The smallest absolute Gasteiger partial charge is 0.229 e. The number of hydrogen-bond acceptors (Lipinski definition) is 5. The van der Waals surface area contributed by atoms with Gasteiger partial charge in [-0.3, -0.25) is 9.69 Å². The lowest BCUT2D eigenvalue weighted by Crippen LogP contribution is -2.47. The molecule has 182 valence electrons. The highest BCUT2D eigenvalue weighted by Gasteiger charge is 2.38.